The highest BCUT2D eigenvalue weighted by Crippen LogP contribution is 2.18. The molecule has 1 heterocycles. The highest BCUT2D eigenvalue weighted by atomic mass is 35.5. The Balaban J connectivity index is 1.63. The molecule has 21 heavy (non-hydrogen) atoms. The molecule has 116 valence electrons. The number of hydrogen-bond donors (Lipinski definition) is 1. The Hall–Kier alpha value is -1.06. The molecule has 0 bridgehead atoms. The van der Waals surface area contributed by atoms with Gasteiger partial charge in [-0.25, -0.2) is 0 Å². The zero-order valence-electron chi connectivity index (χ0n) is 12.8. The van der Waals surface area contributed by atoms with Crippen molar-refractivity contribution < 1.29 is 4.79 Å². The van der Waals surface area contributed by atoms with Gasteiger partial charge in [-0.3, -0.25) is 4.79 Å². The van der Waals surface area contributed by atoms with Gasteiger partial charge >= 0.3 is 0 Å². The summed E-state index contributed by atoms with van der Waals surface area (Å²) in [5.74, 6) is 0.163. The quantitative estimate of drug-likeness (QED) is 0.875. The van der Waals surface area contributed by atoms with Gasteiger partial charge in [0, 0.05) is 24.0 Å². The zero-order valence-corrected chi connectivity index (χ0v) is 13.5. The molecule has 0 aromatic heterocycles. The van der Waals surface area contributed by atoms with Crippen LogP contribution < -0.4 is 5.32 Å². The predicted molar refractivity (Wildman–Crippen MR) is 87.7 cm³/mol. The van der Waals surface area contributed by atoms with E-state index in [4.69, 9.17) is 11.6 Å². The van der Waals surface area contributed by atoms with Crippen molar-refractivity contribution in [3.63, 3.8) is 0 Å². The molecular formula is C17H25ClN2O. The maximum atomic E-state index is 11.9. The average Bonchev–Trinajstić information content (AvgIpc) is 2.46. The van der Waals surface area contributed by atoms with Gasteiger partial charge in [0.1, 0.15) is 0 Å². The molecule has 1 saturated heterocycles. The lowest BCUT2D eigenvalue weighted by atomic mass is 9.98. The fraction of sp³-hybridized carbons (Fsp3) is 0.588. The third-order valence-corrected chi connectivity index (χ3v) is 4.49. The van der Waals surface area contributed by atoms with Gasteiger partial charge in [0.2, 0.25) is 5.91 Å². The van der Waals surface area contributed by atoms with E-state index in [1.165, 1.54) is 25.8 Å². The van der Waals surface area contributed by atoms with Crippen molar-refractivity contribution in [2.24, 2.45) is 0 Å². The Morgan fingerprint density at radius 3 is 3.05 bits per heavy atom. The third kappa shape index (κ3) is 5.68. The zero-order chi connectivity index (χ0) is 15.1. The van der Waals surface area contributed by atoms with Crippen LogP contribution in [0.4, 0.5) is 0 Å². The minimum Gasteiger partial charge on any atom is -0.356 e. The largest absolute Gasteiger partial charge is 0.356 e. The molecule has 0 aliphatic carbocycles. The SMILES string of the molecule is CN1CCCCC1CCC(=O)NCCc1cccc(Cl)c1. The second-order valence-corrected chi connectivity index (χ2v) is 6.34. The normalized spacial score (nSPS) is 19.4. The lowest BCUT2D eigenvalue weighted by molar-refractivity contribution is -0.121. The topological polar surface area (TPSA) is 32.3 Å². The van der Waals surface area contributed by atoms with Crippen LogP contribution in [0.1, 0.15) is 37.7 Å². The molecule has 1 aromatic rings. The van der Waals surface area contributed by atoms with E-state index in [2.05, 4.69) is 17.3 Å². The molecule has 1 aliphatic heterocycles. The van der Waals surface area contributed by atoms with Crippen molar-refractivity contribution in [3.05, 3.63) is 34.9 Å². The van der Waals surface area contributed by atoms with E-state index in [9.17, 15) is 4.79 Å². The Morgan fingerprint density at radius 2 is 2.29 bits per heavy atom. The van der Waals surface area contributed by atoms with E-state index >= 15 is 0 Å². The molecule has 0 saturated carbocycles. The number of nitrogens with one attached hydrogen (secondary N) is 1. The number of halogens is 1. The summed E-state index contributed by atoms with van der Waals surface area (Å²) in [5, 5.41) is 3.75. The van der Waals surface area contributed by atoms with E-state index < -0.39 is 0 Å². The lowest BCUT2D eigenvalue weighted by Crippen LogP contribution is -2.37. The number of likely N-dealkylation sites (tertiary alicyclic amines) is 1. The van der Waals surface area contributed by atoms with E-state index in [0.717, 1.165) is 23.4 Å². The first-order valence-electron chi connectivity index (χ1n) is 7.86. The first-order chi connectivity index (χ1) is 10.1. The summed E-state index contributed by atoms with van der Waals surface area (Å²) in [6, 6.07) is 8.38. The van der Waals surface area contributed by atoms with Crippen molar-refractivity contribution in [3.8, 4) is 0 Å². The molecule has 1 aliphatic rings. The van der Waals surface area contributed by atoms with Crippen molar-refractivity contribution in [1.29, 1.82) is 0 Å². The first-order valence-corrected chi connectivity index (χ1v) is 8.24. The summed E-state index contributed by atoms with van der Waals surface area (Å²) < 4.78 is 0. The van der Waals surface area contributed by atoms with Gasteiger partial charge in [-0.15, -0.1) is 0 Å². The van der Waals surface area contributed by atoms with E-state index in [0.29, 0.717) is 19.0 Å². The molecule has 1 N–H and O–H groups in total. The van der Waals surface area contributed by atoms with Crippen molar-refractivity contribution in [2.45, 2.75) is 44.6 Å². The van der Waals surface area contributed by atoms with Crippen LogP contribution in [0.15, 0.2) is 24.3 Å². The molecule has 1 atom stereocenters. The van der Waals surface area contributed by atoms with E-state index in [-0.39, 0.29) is 5.91 Å². The number of carbonyl (C=O) groups excluding carboxylic acids is 1. The van der Waals surface area contributed by atoms with Gasteiger partial charge in [-0.2, -0.15) is 0 Å². The Bertz CT molecular complexity index is 464. The third-order valence-electron chi connectivity index (χ3n) is 4.25. The number of nitrogens with zero attached hydrogens (tertiary/aromatic N) is 1. The summed E-state index contributed by atoms with van der Waals surface area (Å²) in [5.41, 5.74) is 1.16. The number of piperidine rings is 1. The predicted octanol–water partition coefficient (Wildman–Crippen LogP) is 3.26. The summed E-state index contributed by atoms with van der Waals surface area (Å²) in [7, 11) is 2.17. The Kier molecular flexibility index (Phi) is 6.52. The first kappa shape index (κ1) is 16.3. The van der Waals surface area contributed by atoms with Crippen LogP contribution in [0.2, 0.25) is 5.02 Å². The van der Waals surface area contributed by atoms with E-state index in [1.54, 1.807) is 0 Å². The molecule has 4 heteroatoms. The van der Waals surface area contributed by atoms with Crippen LogP contribution in [0.25, 0.3) is 0 Å². The van der Waals surface area contributed by atoms with Crippen LogP contribution in [-0.4, -0.2) is 37.0 Å². The highest BCUT2D eigenvalue weighted by molar-refractivity contribution is 6.30. The van der Waals surface area contributed by atoms with Gasteiger partial charge < -0.3 is 10.2 Å². The Morgan fingerprint density at radius 1 is 1.43 bits per heavy atom. The van der Waals surface area contributed by atoms with Gasteiger partial charge in [-0.05, 0) is 57.0 Å². The monoisotopic (exact) mass is 308 g/mol. The number of hydrogen-bond acceptors (Lipinski definition) is 2. The molecule has 1 fully saturated rings. The van der Waals surface area contributed by atoms with Crippen LogP contribution in [0, 0.1) is 0 Å². The minimum absolute atomic E-state index is 0.163. The van der Waals surface area contributed by atoms with Crippen LogP contribution >= 0.6 is 11.6 Å². The minimum atomic E-state index is 0.163. The molecule has 0 spiro atoms. The molecule has 0 radical (unpaired) electrons. The number of carbonyl (C=O) groups is 1. The average molecular weight is 309 g/mol. The maximum Gasteiger partial charge on any atom is 0.220 e. The second-order valence-electron chi connectivity index (χ2n) is 5.90. The molecule has 1 aromatic carbocycles. The maximum absolute atomic E-state index is 11.9. The standard InChI is InChI=1S/C17H25ClN2O/c1-20-12-3-2-7-16(20)8-9-17(21)19-11-10-14-5-4-6-15(18)13-14/h4-6,13,16H,2-3,7-12H2,1H3,(H,19,21). The smallest absolute Gasteiger partial charge is 0.220 e. The van der Waals surface area contributed by atoms with Gasteiger partial charge in [0.25, 0.3) is 0 Å². The fourth-order valence-corrected chi connectivity index (χ4v) is 3.15. The van der Waals surface area contributed by atoms with E-state index in [1.807, 2.05) is 24.3 Å². The van der Waals surface area contributed by atoms with Crippen LogP contribution in [0.5, 0.6) is 0 Å². The number of benzene rings is 1. The molecule has 1 unspecified atom stereocenters. The van der Waals surface area contributed by atoms with Crippen LogP contribution in [-0.2, 0) is 11.2 Å². The lowest BCUT2D eigenvalue weighted by Gasteiger charge is -2.32. The van der Waals surface area contributed by atoms with Gasteiger partial charge in [0.15, 0.2) is 0 Å². The highest BCUT2D eigenvalue weighted by Gasteiger charge is 2.19. The van der Waals surface area contributed by atoms with Gasteiger partial charge in [0.05, 0.1) is 0 Å². The second kappa shape index (κ2) is 8.40. The van der Waals surface area contributed by atoms with Crippen molar-refractivity contribution in [2.75, 3.05) is 20.1 Å². The summed E-state index contributed by atoms with van der Waals surface area (Å²) in [4.78, 5) is 14.3. The summed E-state index contributed by atoms with van der Waals surface area (Å²) >= 11 is 5.94. The van der Waals surface area contributed by atoms with Gasteiger partial charge in [-0.1, -0.05) is 30.2 Å². The van der Waals surface area contributed by atoms with Crippen molar-refractivity contribution >= 4 is 17.5 Å². The van der Waals surface area contributed by atoms with Crippen LogP contribution in [0.3, 0.4) is 0 Å². The number of amides is 1. The fourth-order valence-electron chi connectivity index (χ4n) is 2.93. The summed E-state index contributed by atoms with van der Waals surface area (Å²) in [6.45, 7) is 1.85. The molecule has 3 nitrogen and oxygen atoms in total. The Labute approximate surface area is 132 Å². The molecule has 1 amide bonds. The summed E-state index contributed by atoms with van der Waals surface area (Å²) in [6.07, 6.45) is 6.25. The molecular weight excluding hydrogens is 284 g/mol. The molecule has 2 rings (SSSR count). The number of rotatable bonds is 6. The van der Waals surface area contributed by atoms with Crippen molar-refractivity contribution in [1.82, 2.24) is 10.2 Å².